The molecule has 1 aliphatic heterocycles. The molecule has 3 rings (SSSR count). The zero-order chi connectivity index (χ0) is 16.1. The Balaban J connectivity index is 1.47. The molecule has 1 saturated heterocycles. The summed E-state index contributed by atoms with van der Waals surface area (Å²) in [6.07, 6.45) is 10.9. The highest BCUT2D eigenvalue weighted by Gasteiger charge is 2.25. The molecule has 1 amide bonds. The molecule has 128 valence electrons. The standard InChI is InChI=1S/C17H28N4OS/c1-2-14-9-5-6-10-21(14)16(22)12-23-17-18-15(19-20-17)11-13-7-3-4-8-13/h13-14H,2-12H2,1H3,(H,18,19,20). The van der Waals surface area contributed by atoms with Gasteiger partial charge in [-0.1, -0.05) is 44.4 Å². The Morgan fingerprint density at radius 2 is 2.04 bits per heavy atom. The monoisotopic (exact) mass is 336 g/mol. The largest absolute Gasteiger partial charge is 0.339 e. The third-order valence-corrected chi connectivity index (χ3v) is 6.04. The fourth-order valence-electron chi connectivity index (χ4n) is 3.88. The van der Waals surface area contributed by atoms with Crippen LogP contribution in [0.15, 0.2) is 5.16 Å². The highest BCUT2D eigenvalue weighted by molar-refractivity contribution is 7.99. The van der Waals surface area contributed by atoms with Crippen molar-refractivity contribution in [2.75, 3.05) is 12.3 Å². The average molecular weight is 337 g/mol. The molecule has 2 heterocycles. The number of piperidine rings is 1. The van der Waals surface area contributed by atoms with Crippen LogP contribution in [0.3, 0.4) is 0 Å². The van der Waals surface area contributed by atoms with Crippen molar-refractivity contribution in [1.29, 1.82) is 0 Å². The summed E-state index contributed by atoms with van der Waals surface area (Å²) in [7, 11) is 0. The van der Waals surface area contributed by atoms with E-state index in [0.717, 1.165) is 49.1 Å². The van der Waals surface area contributed by atoms with Crippen LogP contribution in [0.2, 0.25) is 0 Å². The number of aromatic nitrogens is 3. The summed E-state index contributed by atoms with van der Waals surface area (Å²) in [4.78, 5) is 19.1. The minimum atomic E-state index is 0.240. The molecule has 0 radical (unpaired) electrons. The van der Waals surface area contributed by atoms with Crippen LogP contribution in [0.5, 0.6) is 0 Å². The van der Waals surface area contributed by atoms with Gasteiger partial charge in [0, 0.05) is 19.0 Å². The summed E-state index contributed by atoms with van der Waals surface area (Å²) in [5.74, 6) is 2.44. The van der Waals surface area contributed by atoms with Crippen LogP contribution in [-0.2, 0) is 11.2 Å². The summed E-state index contributed by atoms with van der Waals surface area (Å²) in [6, 6.07) is 0.432. The number of nitrogens with one attached hydrogen (secondary N) is 1. The number of nitrogens with zero attached hydrogens (tertiary/aromatic N) is 3. The lowest BCUT2D eigenvalue weighted by molar-refractivity contribution is -0.132. The van der Waals surface area contributed by atoms with Crippen molar-refractivity contribution < 1.29 is 4.79 Å². The number of rotatable bonds is 6. The van der Waals surface area contributed by atoms with Crippen molar-refractivity contribution in [1.82, 2.24) is 20.1 Å². The van der Waals surface area contributed by atoms with Crippen molar-refractivity contribution in [2.45, 2.75) is 75.9 Å². The molecule has 23 heavy (non-hydrogen) atoms. The van der Waals surface area contributed by atoms with E-state index in [0.29, 0.717) is 11.8 Å². The SMILES string of the molecule is CCC1CCCCN1C(=O)CSc1n[nH]c(CC2CCCC2)n1. The number of carbonyl (C=O) groups is 1. The summed E-state index contributed by atoms with van der Waals surface area (Å²) in [5.41, 5.74) is 0. The van der Waals surface area contributed by atoms with Gasteiger partial charge in [-0.05, 0) is 31.6 Å². The number of likely N-dealkylation sites (tertiary alicyclic amines) is 1. The van der Waals surface area contributed by atoms with E-state index in [1.165, 1.54) is 43.9 Å². The molecule has 0 aromatic carbocycles. The van der Waals surface area contributed by atoms with Gasteiger partial charge in [0.15, 0.2) is 0 Å². The highest BCUT2D eigenvalue weighted by Crippen LogP contribution is 2.27. The third kappa shape index (κ3) is 4.49. The van der Waals surface area contributed by atoms with Gasteiger partial charge in [-0.3, -0.25) is 9.89 Å². The normalized spacial score (nSPS) is 22.7. The number of H-pyrrole nitrogens is 1. The van der Waals surface area contributed by atoms with E-state index in [-0.39, 0.29) is 5.91 Å². The average Bonchev–Trinajstić information content (AvgIpc) is 3.25. The molecule has 1 N–H and O–H groups in total. The van der Waals surface area contributed by atoms with E-state index in [1.807, 2.05) is 0 Å². The van der Waals surface area contributed by atoms with E-state index in [2.05, 4.69) is 27.0 Å². The third-order valence-electron chi connectivity index (χ3n) is 5.21. The van der Waals surface area contributed by atoms with Gasteiger partial charge in [0.1, 0.15) is 5.82 Å². The summed E-state index contributed by atoms with van der Waals surface area (Å²) in [6.45, 7) is 3.09. The lowest BCUT2D eigenvalue weighted by atomic mass is 10.0. The second kappa shape index (κ2) is 8.18. The van der Waals surface area contributed by atoms with Crippen molar-refractivity contribution in [3.63, 3.8) is 0 Å². The second-order valence-electron chi connectivity index (χ2n) is 6.85. The van der Waals surface area contributed by atoms with E-state index in [4.69, 9.17) is 0 Å². The molecule has 0 bridgehead atoms. The minimum Gasteiger partial charge on any atom is -0.339 e. The van der Waals surface area contributed by atoms with Crippen LogP contribution < -0.4 is 0 Å². The smallest absolute Gasteiger partial charge is 0.233 e. The Hall–Kier alpha value is -1.04. The molecule has 2 aliphatic rings. The van der Waals surface area contributed by atoms with Gasteiger partial charge in [0.05, 0.1) is 5.75 Å². The first-order chi connectivity index (χ1) is 11.3. The minimum absolute atomic E-state index is 0.240. The maximum absolute atomic E-state index is 12.5. The van der Waals surface area contributed by atoms with Gasteiger partial charge >= 0.3 is 0 Å². The zero-order valence-electron chi connectivity index (χ0n) is 14.1. The molecular weight excluding hydrogens is 308 g/mol. The number of carbonyl (C=O) groups excluding carboxylic acids is 1. The van der Waals surface area contributed by atoms with Crippen molar-refractivity contribution in [2.24, 2.45) is 5.92 Å². The van der Waals surface area contributed by atoms with Crippen LogP contribution in [0.4, 0.5) is 0 Å². The number of amides is 1. The molecular formula is C17H28N4OS. The van der Waals surface area contributed by atoms with Crippen LogP contribution >= 0.6 is 11.8 Å². The Morgan fingerprint density at radius 1 is 1.26 bits per heavy atom. The van der Waals surface area contributed by atoms with E-state index in [9.17, 15) is 4.79 Å². The Bertz CT molecular complexity index is 512. The predicted octanol–water partition coefficient (Wildman–Crippen LogP) is 3.42. The Kier molecular flexibility index (Phi) is 5.97. The topological polar surface area (TPSA) is 61.9 Å². The quantitative estimate of drug-likeness (QED) is 0.809. The molecule has 1 aromatic rings. The summed E-state index contributed by atoms with van der Waals surface area (Å²) >= 11 is 1.47. The first-order valence-electron chi connectivity index (χ1n) is 9.09. The number of aromatic amines is 1. The maximum Gasteiger partial charge on any atom is 0.233 e. The molecule has 6 heteroatoms. The maximum atomic E-state index is 12.5. The van der Waals surface area contributed by atoms with Gasteiger partial charge in [0.25, 0.3) is 0 Å². The first-order valence-corrected chi connectivity index (χ1v) is 10.1. The van der Waals surface area contributed by atoms with Crippen LogP contribution in [0.25, 0.3) is 0 Å². The lowest BCUT2D eigenvalue weighted by Crippen LogP contribution is -2.44. The van der Waals surface area contributed by atoms with Gasteiger partial charge in [-0.2, -0.15) is 0 Å². The summed E-state index contributed by atoms with van der Waals surface area (Å²) in [5, 5.41) is 8.04. The number of thioether (sulfide) groups is 1. The molecule has 1 saturated carbocycles. The first kappa shape index (κ1) is 16.8. The molecule has 1 aromatic heterocycles. The Labute approximate surface area is 143 Å². The number of hydrogen-bond acceptors (Lipinski definition) is 4. The highest BCUT2D eigenvalue weighted by atomic mass is 32.2. The van der Waals surface area contributed by atoms with Gasteiger partial charge in [0.2, 0.25) is 11.1 Å². The van der Waals surface area contributed by atoms with E-state index >= 15 is 0 Å². The molecule has 5 nitrogen and oxygen atoms in total. The van der Waals surface area contributed by atoms with E-state index in [1.54, 1.807) is 0 Å². The molecule has 1 atom stereocenters. The van der Waals surface area contributed by atoms with Crippen molar-refractivity contribution >= 4 is 17.7 Å². The molecule has 1 aliphatic carbocycles. The molecule has 2 fully saturated rings. The van der Waals surface area contributed by atoms with Crippen LogP contribution in [0.1, 0.15) is 64.1 Å². The zero-order valence-corrected chi connectivity index (χ0v) is 14.9. The fourth-order valence-corrected chi connectivity index (χ4v) is 4.59. The lowest BCUT2D eigenvalue weighted by Gasteiger charge is -2.35. The fraction of sp³-hybridized carbons (Fsp3) is 0.824. The van der Waals surface area contributed by atoms with Crippen molar-refractivity contribution in [3.05, 3.63) is 5.82 Å². The Morgan fingerprint density at radius 3 is 2.83 bits per heavy atom. The van der Waals surface area contributed by atoms with Gasteiger partial charge in [-0.15, -0.1) is 5.10 Å². The second-order valence-corrected chi connectivity index (χ2v) is 7.80. The number of hydrogen-bond donors (Lipinski definition) is 1. The van der Waals surface area contributed by atoms with Crippen LogP contribution in [0, 0.1) is 5.92 Å². The molecule has 1 unspecified atom stereocenters. The summed E-state index contributed by atoms with van der Waals surface area (Å²) < 4.78 is 0. The van der Waals surface area contributed by atoms with Crippen LogP contribution in [-0.4, -0.2) is 44.3 Å². The van der Waals surface area contributed by atoms with E-state index < -0.39 is 0 Å². The predicted molar refractivity (Wildman–Crippen MR) is 92.4 cm³/mol. The molecule has 0 spiro atoms. The van der Waals surface area contributed by atoms with Gasteiger partial charge in [-0.25, -0.2) is 4.98 Å². The van der Waals surface area contributed by atoms with Crippen molar-refractivity contribution in [3.8, 4) is 0 Å². The van der Waals surface area contributed by atoms with Gasteiger partial charge < -0.3 is 4.90 Å².